The van der Waals surface area contributed by atoms with Crippen molar-refractivity contribution in [2.24, 2.45) is 16.8 Å². The number of guanidine groups is 1. The number of imidazole rings is 1. The number of hydrogen-bond donors (Lipinski definition) is 1. The topological polar surface area (TPSA) is 48.7 Å². The van der Waals surface area contributed by atoms with E-state index >= 15 is 0 Å². The quantitative estimate of drug-likeness (QED) is 0.345. The summed E-state index contributed by atoms with van der Waals surface area (Å²) < 4.78 is 16.2. The van der Waals surface area contributed by atoms with E-state index < -0.39 is 0 Å². The van der Waals surface area contributed by atoms with E-state index in [-0.39, 0.29) is 29.8 Å². The van der Waals surface area contributed by atoms with Gasteiger partial charge in [-0.2, -0.15) is 0 Å². The van der Waals surface area contributed by atoms with Gasteiger partial charge < -0.3 is 14.8 Å². The maximum absolute atomic E-state index is 13.9. The van der Waals surface area contributed by atoms with Crippen molar-refractivity contribution in [2.45, 2.75) is 38.8 Å². The Hall–Kier alpha value is -1.68. The number of hydrogen-bond acceptors (Lipinski definition) is 3. The first-order valence-electron chi connectivity index (χ1n) is 11.5. The maximum Gasteiger partial charge on any atom is 0.193 e. The first-order valence-corrected chi connectivity index (χ1v) is 11.5. The lowest BCUT2D eigenvalue weighted by Gasteiger charge is -2.40. The number of aliphatic imine (C=N–C) groups is 1. The summed E-state index contributed by atoms with van der Waals surface area (Å²) in [5.74, 6) is 2.16. The van der Waals surface area contributed by atoms with Crippen molar-refractivity contribution in [2.75, 3.05) is 39.8 Å². The smallest absolute Gasteiger partial charge is 0.193 e. The molecule has 1 N–H and O–H groups in total. The molecule has 6 nitrogen and oxygen atoms in total. The van der Waals surface area contributed by atoms with Gasteiger partial charge in [0.25, 0.3) is 0 Å². The SMILES string of the molecule is CN=C(NCC1CCN(Cc2ccccc2F)CC1)N1CCC(C)C(n2ccnc2)C1.I. The number of piperidine rings is 2. The van der Waals surface area contributed by atoms with Gasteiger partial charge in [0.15, 0.2) is 5.96 Å². The predicted octanol–water partition coefficient (Wildman–Crippen LogP) is 4.01. The van der Waals surface area contributed by atoms with Gasteiger partial charge in [0, 0.05) is 51.2 Å². The molecule has 2 aliphatic heterocycles. The lowest BCUT2D eigenvalue weighted by molar-refractivity contribution is 0.171. The van der Waals surface area contributed by atoms with E-state index in [0.29, 0.717) is 24.4 Å². The van der Waals surface area contributed by atoms with Gasteiger partial charge in [-0.1, -0.05) is 25.1 Å². The molecule has 0 spiro atoms. The van der Waals surface area contributed by atoms with E-state index in [2.05, 4.69) is 42.8 Å². The Morgan fingerprint density at radius 2 is 1.97 bits per heavy atom. The Kier molecular flexibility index (Phi) is 9.34. The first kappa shape index (κ1) is 25.0. The molecule has 0 radical (unpaired) electrons. The molecule has 2 fully saturated rings. The molecule has 4 rings (SSSR count). The molecule has 176 valence electrons. The fourth-order valence-corrected chi connectivity index (χ4v) is 4.88. The van der Waals surface area contributed by atoms with Gasteiger partial charge in [-0.3, -0.25) is 9.89 Å². The molecule has 0 amide bonds. The van der Waals surface area contributed by atoms with Crippen molar-refractivity contribution >= 4 is 29.9 Å². The largest absolute Gasteiger partial charge is 0.356 e. The molecule has 0 aliphatic carbocycles. The zero-order chi connectivity index (χ0) is 21.6. The van der Waals surface area contributed by atoms with Gasteiger partial charge in [-0.25, -0.2) is 9.37 Å². The van der Waals surface area contributed by atoms with E-state index in [1.165, 1.54) is 0 Å². The Morgan fingerprint density at radius 3 is 2.66 bits per heavy atom. The molecule has 1 aromatic heterocycles. The van der Waals surface area contributed by atoms with Crippen LogP contribution in [0.1, 0.15) is 37.8 Å². The number of aromatic nitrogens is 2. The minimum Gasteiger partial charge on any atom is -0.356 e. The molecule has 0 bridgehead atoms. The Bertz CT molecular complexity index is 850. The van der Waals surface area contributed by atoms with Gasteiger partial charge in [0.2, 0.25) is 0 Å². The summed E-state index contributed by atoms with van der Waals surface area (Å²) in [5.41, 5.74) is 0.797. The third-order valence-electron chi connectivity index (χ3n) is 6.95. The average Bonchev–Trinajstić information content (AvgIpc) is 3.32. The summed E-state index contributed by atoms with van der Waals surface area (Å²) >= 11 is 0. The number of halogens is 2. The van der Waals surface area contributed by atoms with E-state index in [1.807, 2.05) is 31.7 Å². The number of benzene rings is 1. The van der Waals surface area contributed by atoms with Crippen LogP contribution >= 0.6 is 24.0 Å². The highest BCUT2D eigenvalue weighted by Crippen LogP contribution is 2.27. The van der Waals surface area contributed by atoms with Crippen LogP contribution in [0.3, 0.4) is 0 Å². The van der Waals surface area contributed by atoms with Crippen LogP contribution in [-0.4, -0.2) is 65.1 Å². The van der Waals surface area contributed by atoms with Crippen molar-refractivity contribution in [1.82, 2.24) is 24.7 Å². The van der Waals surface area contributed by atoms with Gasteiger partial charge in [0.05, 0.1) is 12.4 Å². The molecule has 2 unspecified atom stereocenters. The van der Waals surface area contributed by atoms with Crippen LogP contribution in [0.5, 0.6) is 0 Å². The lowest BCUT2D eigenvalue weighted by atomic mass is 9.93. The molecular weight excluding hydrogens is 518 g/mol. The van der Waals surface area contributed by atoms with Crippen LogP contribution in [0.4, 0.5) is 4.39 Å². The van der Waals surface area contributed by atoms with Crippen LogP contribution < -0.4 is 5.32 Å². The normalized spacial score (nSPS) is 23.1. The van der Waals surface area contributed by atoms with Crippen LogP contribution in [-0.2, 0) is 6.54 Å². The first-order chi connectivity index (χ1) is 15.1. The van der Waals surface area contributed by atoms with E-state index in [0.717, 1.165) is 63.5 Å². The molecule has 2 saturated heterocycles. The fraction of sp³-hybridized carbons (Fsp3) is 0.583. The van der Waals surface area contributed by atoms with Gasteiger partial charge in [-0.15, -0.1) is 24.0 Å². The summed E-state index contributed by atoms with van der Waals surface area (Å²) in [6.45, 7) is 8.00. The predicted molar refractivity (Wildman–Crippen MR) is 138 cm³/mol. The second kappa shape index (κ2) is 12.0. The van der Waals surface area contributed by atoms with Crippen LogP contribution in [0.2, 0.25) is 0 Å². The Labute approximate surface area is 208 Å². The minimum atomic E-state index is -0.0973. The Morgan fingerprint density at radius 1 is 1.19 bits per heavy atom. The van der Waals surface area contributed by atoms with Crippen molar-refractivity contribution in [3.05, 3.63) is 54.4 Å². The van der Waals surface area contributed by atoms with Crippen LogP contribution in [0.25, 0.3) is 0 Å². The number of nitrogens with zero attached hydrogens (tertiary/aromatic N) is 5. The number of likely N-dealkylation sites (tertiary alicyclic amines) is 2. The van der Waals surface area contributed by atoms with E-state index in [4.69, 9.17) is 0 Å². The molecule has 32 heavy (non-hydrogen) atoms. The monoisotopic (exact) mass is 554 g/mol. The van der Waals surface area contributed by atoms with Crippen LogP contribution in [0, 0.1) is 17.7 Å². The highest BCUT2D eigenvalue weighted by molar-refractivity contribution is 14.0. The fourth-order valence-electron chi connectivity index (χ4n) is 4.88. The third-order valence-corrected chi connectivity index (χ3v) is 6.95. The van der Waals surface area contributed by atoms with Crippen molar-refractivity contribution in [1.29, 1.82) is 0 Å². The highest BCUT2D eigenvalue weighted by Gasteiger charge is 2.29. The van der Waals surface area contributed by atoms with Crippen molar-refractivity contribution < 1.29 is 4.39 Å². The summed E-state index contributed by atoms with van der Waals surface area (Å²) in [4.78, 5) is 13.6. The standard InChI is InChI=1S/C24H35FN6.HI/c1-19-7-13-30(17-23(19)31-14-10-27-18-31)24(26-2)28-15-20-8-11-29(12-9-20)16-21-5-3-4-6-22(21)25;/h3-6,10,14,18-20,23H,7-9,11-13,15-17H2,1-2H3,(H,26,28);1H. The second-order valence-corrected chi connectivity index (χ2v) is 9.03. The zero-order valence-corrected chi connectivity index (χ0v) is 21.5. The van der Waals surface area contributed by atoms with Gasteiger partial charge in [-0.05, 0) is 50.3 Å². The minimum absolute atomic E-state index is 0. The second-order valence-electron chi connectivity index (χ2n) is 9.03. The van der Waals surface area contributed by atoms with Gasteiger partial charge in [0.1, 0.15) is 5.82 Å². The number of rotatable bonds is 5. The molecule has 3 heterocycles. The van der Waals surface area contributed by atoms with Crippen LogP contribution in [0.15, 0.2) is 48.0 Å². The van der Waals surface area contributed by atoms with E-state index in [1.54, 1.807) is 12.1 Å². The average molecular weight is 554 g/mol. The molecule has 2 aliphatic rings. The number of nitrogens with one attached hydrogen (secondary N) is 1. The molecule has 0 saturated carbocycles. The maximum atomic E-state index is 13.9. The summed E-state index contributed by atoms with van der Waals surface area (Å²) in [6, 6.07) is 7.54. The molecule has 2 atom stereocenters. The summed E-state index contributed by atoms with van der Waals surface area (Å²) in [5, 5.41) is 3.64. The highest BCUT2D eigenvalue weighted by atomic mass is 127. The zero-order valence-electron chi connectivity index (χ0n) is 19.2. The molecular formula is C24H36FIN6. The van der Waals surface area contributed by atoms with Gasteiger partial charge >= 0.3 is 0 Å². The third kappa shape index (κ3) is 6.21. The molecule has 2 aromatic rings. The van der Waals surface area contributed by atoms with Crippen molar-refractivity contribution in [3.8, 4) is 0 Å². The Balaban J connectivity index is 0.00000289. The molecule has 1 aromatic carbocycles. The molecule has 8 heteroatoms. The van der Waals surface area contributed by atoms with E-state index in [9.17, 15) is 4.39 Å². The van der Waals surface area contributed by atoms with Crippen molar-refractivity contribution in [3.63, 3.8) is 0 Å². The summed E-state index contributed by atoms with van der Waals surface area (Å²) in [6.07, 6.45) is 9.27. The lowest BCUT2D eigenvalue weighted by Crippen LogP contribution is -2.50. The summed E-state index contributed by atoms with van der Waals surface area (Å²) in [7, 11) is 1.88.